The van der Waals surface area contributed by atoms with E-state index in [1.165, 1.54) is 16.9 Å². The quantitative estimate of drug-likeness (QED) is 0.648. The summed E-state index contributed by atoms with van der Waals surface area (Å²) in [6.07, 6.45) is 2.77. The molecule has 3 rings (SSSR count). The van der Waals surface area contributed by atoms with E-state index in [4.69, 9.17) is 17.0 Å². The first kappa shape index (κ1) is 20.5. The van der Waals surface area contributed by atoms with E-state index >= 15 is 0 Å². The summed E-state index contributed by atoms with van der Waals surface area (Å²) in [7, 11) is 0. The Bertz CT molecular complexity index is 972. The van der Waals surface area contributed by atoms with Crippen molar-refractivity contribution in [3.05, 3.63) is 50.3 Å². The number of rotatable bonds is 5. The van der Waals surface area contributed by atoms with Crippen LogP contribution in [0.1, 0.15) is 55.4 Å². The summed E-state index contributed by atoms with van der Waals surface area (Å²) in [5.41, 5.74) is 3.88. The number of nitrogens with one attached hydrogen (secondary N) is 1. The molecule has 0 bridgehead atoms. The third kappa shape index (κ3) is 4.60. The summed E-state index contributed by atoms with van der Waals surface area (Å²) in [5, 5.41) is 13.0. The number of hydrogen-bond donors (Lipinski definition) is 1. The molecule has 0 fully saturated rings. The number of ether oxygens (including phenoxy) is 1. The highest BCUT2D eigenvalue weighted by Crippen LogP contribution is 2.35. The predicted molar refractivity (Wildman–Crippen MR) is 116 cm³/mol. The zero-order valence-electron chi connectivity index (χ0n) is 16.4. The molecule has 0 spiro atoms. The van der Waals surface area contributed by atoms with Crippen LogP contribution in [0.15, 0.2) is 24.3 Å². The van der Waals surface area contributed by atoms with Crippen molar-refractivity contribution in [2.24, 2.45) is 5.92 Å². The Hall–Kier alpha value is -2.23. The van der Waals surface area contributed by atoms with Crippen LogP contribution < -0.4 is 10.1 Å². The van der Waals surface area contributed by atoms with E-state index in [2.05, 4.69) is 32.2 Å². The summed E-state index contributed by atoms with van der Waals surface area (Å²) in [4.78, 5) is 12.4. The Morgan fingerprint density at radius 3 is 2.71 bits per heavy atom. The van der Waals surface area contributed by atoms with Crippen LogP contribution in [0.5, 0.6) is 5.75 Å². The first-order valence-corrected chi connectivity index (χ1v) is 10.7. The molecular formula is C22H24N2O2S2. The maximum absolute atomic E-state index is 12.4. The van der Waals surface area contributed by atoms with Gasteiger partial charge in [-0.15, -0.1) is 11.3 Å². The molecule has 4 nitrogen and oxygen atoms in total. The van der Waals surface area contributed by atoms with Crippen molar-refractivity contribution in [1.82, 2.24) is 0 Å². The minimum atomic E-state index is -0.292. The van der Waals surface area contributed by atoms with Gasteiger partial charge in [0.15, 0.2) is 6.61 Å². The van der Waals surface area contributed by atoms with Gasteiger partial charge in [-0.2, -0.15) is 5.26 Å². The lowest BCUT2D eigenvalue weighted by atomic mass is 9.85. The zero-order chi connectivity index (χ0) is 20.3. The van der Waals surface area contributed by atoms with Crippen molar-refractivity contribution in [3.63, 3.8) is 0 Å². The summed E-state index contributed by atoms with van der Waals surface area (Å²) in [6, 6.07) is 10.0. The van der Waals surface area contributed by atoms with Gasteiger partial charge < -0.3 is 10.1 Å². The van der Waals surface area contributed by atoms with E-state index < -0.39 is 0 Å². The average Bonchev–Trinajstić information content (AvgIpc) is 2.67. The zero-order valence-corrected chi connectivity index (χ0v) is 18.0. The molecule has 2 aromatic rings. The molecule has 1 amide bonds. The molecule has 1 aromatic carbocycles. The van der Waals surface area contributed by atoms with Crippen molar-refractivity contribution < 1.29 is 9.53 Å². The van der Waals surface area contributed by atoms with E-state index in [1.807, 2.05) is 24.3 Å². The fraction of sp³-hybridized carbons (Fsp3) is 0.409. The van der Waals surface area contributed by atoms with E-state index in [0.717, 1.165) is 34.2 Å². The Morgan fingerprint density at radius 2 is 2.07 bits per heavy atom. The van der Waals surface area contributed by atoms with Crippen LogP contribution in [-0.4, -0.2) is 12.5 Å². The highest BCUT2D eigenvalue weighted by molar-refractivity contribution is 7.73. The topological polar surface area (TPSA) is 62.1 Å². The monoisotopic (exact) mass is 412 g/mol. The summed E-state index contributed by atoms with van der Waals surface area (Å²) < 4.78 is 6.35. The Labute approximate surface area is 175 Å². The van der Waals surface area contributed by atoms with Crippen LogP contribution in [0.25, 0.3) is 0 Å². The van der Waals surface area contributed by atoms with Crippen LogP contribution >= 0.6 is 23.6 Å². The second-order valence-electron chi connectivity index (χ2n) is 7.57. The molecule has 28 heavy (non-hydrogen) atoms. The van der Waals surface area contributed by atoms with Gasteiger partial charge in [0.25, 0.3) is 5.91 Å². The maximum Gasteiger partial charge on any atom is 0.262 e. The Kier molecular flexibility index (Phi) is 6.48. The second kappa shape index (κ2) is 8.85. The van der Waals surface area contributed by atoms with Gasteiger partial charge in [0.2, 0.25) is 0 Å². The number of hydrogen-bond acceptors (Lipinski definition) is 5. The van der Waals surface area contributed by atoms with Crippen LogP contribution in [0, 0.1) is 21.1 Å². The number of nitrogens with zero attached hydrogens (tertiary/aromatic N) is 1. The minimum Gasteiger partial charge on any atom is -0.484 e. The first-order chi connectivity index (χ1) is 13.4. The third-order valence-electron chi connectivity index (χ3n) is 5.06. The molecule has 0 saturated heterocycles. The predicted octanol–water partition coefficient (Wildman–Crippen LogP) is 5.61. The Balaban J connectivity index is 1.71. The molecular weight excluding hydrogens is 388 g/mol. The lowest BCUT2D eigenvalue weighted by Gasteiger charge is -2.23. The van der Waals surface area contributed by atoms with Gasteiger partial charge in [0, 0.05) is 0 Å². The molecule has 146 valence electrons. The van der Waals surface area contributed by atoms with Gasteiger partial charge in [-0.25, -0.2) is 0 Å². The number of amides is 1. The standard InChI is InChI=1S/C22H24N2O2S2/c1-13(2)15-5-7-16(8-6-15)26-12-20(25)24-21-19(11-23)17-9-4-14(3)10-18(17)22(27)28-21/h5-8,13-14H,4,9-10,12H2,1-3H3,(H,24,25). The fourth-order valence-corrected chi connectivity index (χ4v) is 4.81. The van der Waals surface area contributed by atoms with Gasteiger partial charge in [0.1, 0.15) is 16.8 Å². The number of benzene rings is 1. The second-order valence-corrected chi connectivity index (χ2v) is 9.26. The molecule has 1 N–H and O–H groups in total. The summed E-state index contributed by atoms with van der Waals surface area (Å²) >= 11 is 6.85. The minimum absolute atomic E-state index is 0.112. The number of anilines is 1. The Morgan fingerprint density at radius 1 is 1.36 bits per heavy atom. The van der Waals surface area contributed by atoms with Gasteiger partial charge in [0.05, 0.1) is 9.39 Å². The van der Waals surface area contributed by atoms with Gasteiger partial charge in [-0.05, 0) is 59.9 Å². The van der Waals surface area contributed by atoms with Crippen molar-refractivity contribution in [2.45, 2.75) is 46.0 Å². The lowest BCUT2D eigenvalue weighted by molar-refractivity contribution is -0.118. The van der Waals surface area contributed by atoms with Crippen molar-refractivity contribution in [1.29, 1.82) is 5.26 Å². The highest BCUT2D eigenvalue weighted by atomic mass is 32.1. The molecule has 1 aromatic heterocycles. The van der Waals surface area contributed by atoms with E-state index in [-0.39, 0.29) is 12.5 Å². The molecule has 1 heterocycles. The molecule has 0 radical (unpaired) electrons. The van der Waals surface area contributed by atoms with Gasteiger partial charge in [-0.3, -0.25) is 4.79 Å². The number of carbonyl (C=O) groups excluding carboxylic acids is 1. The summed E-state index contributed by atoms with van der Waals surface area (Å²) in [5.74, 6) is 1.37. The SMILES string of the molecule is CC1CCc2c(C#N)c(NC(=O)COc3ccc(C(C)C)cc3)sc(=S)c2C1. The van der Waals surface area contributed by atoms with Crippen molar-refractivity contribution in [3.8, 4) is 11.8 Å². The van der Waals surface area contributed by atoms with E-state index in [9.17, 15) is 10.1 Å². The molecule has 6 heteroatoms. The van der Waals surface area contributed by atoms with E-state index in [0.29, 0.717) is 28.1 Å². The van der Waals surface area contributed by atoms with Crippen molar-refractivity contribution in [2.75, 3.05) is 11.9 Å². The first-order valence-electron chi connectivity index (χ1n) is 9.50. The molecule has 1 aliphatic rings. The normalized spacial score (nSPS) is 15.6. The molecule has 0 aliphatic heterocycles. The average molecular weight is 413 g/mol. The molecule has 1 unspecified atom stereocenters. The van der Waals surface area contributed by atoms with Gasteiger partial charge >= 0.3 is 0 Å². The molecule has 0 saturated carbocycles. The third-order valence-corrected chi connectivity index (χ3v) is 6.49. The maximum atomic E-state index is 12.4. The van der Waals surface area contributed by atoms with Crippen molar-refractivity contribution >= 4 is 34.5 Å². The largest absolute Gasteiger partial charge is 0.484 e. The molecule has 1 aliphatic carbocycles. The highest BCUT2D eigenvalue weighted by Gasteiger charge is 2.23. The number of carbonyl (C=O) groups is 1. The number of fused-ring (bicyclic) bond motifs is 1. The number of nitriles is 1. The van der Waals surface area contributed by atoms with Crippen LogP contribution in [-0.2, 0) is 17.6 Å². The van der Waals surface area contributed by atoms with E-state index in [1.54, 1.807) is 0 Å². The molecule has 1 atom stereocenters. The summed E-state index contributed by atoms with van der Waals surface area (Å²) in [6.45, 7) is 6.35. The van der Waals surface area contributed by atoms with Crippen LogP contribution in [0.3, 0.4) is 0 Å². The van der Waals surface area contributed by atoms with Crippen LogP contribution in [0.4, 0.5) is 5.00 Å². The lowest BCUT2D eigenvalue weighted by Crippen LogP contribution is -2.21. The smallest absolute Gasteiger partial charge is 0.262 e. The fourth-order valence-electron chi connectivity index (χ4n) is 3.41. The van der Waals surface area contributed by atoms with Gasteiger partial charge in [-0.1, -0.05) is 45.1 Å². The van der Waals surface area contributed by atoms with Crippen LogP contribution in [0.2, 0.25) is 0 Å².